The Labute approximate surface area is 90.4 Å². The van der Waals surface area contributed by atoms with Gasteiger partial charge in [-0.2, -0.15) is 5.10 Å². The van der Waals surface area contributed by atoms with Gasteiger partial charge in [0.1, 0.15) is 0 Å². The maximum absolute atomic E-state index is 11.5. The normalized spacial score (nSPS) is 10.8. The lowest BCUT2D eigenvalue weighted by Gasteiger charge is -2.00. The first-order valence-electron chi connectivity index (χ1n) is 4.83. The van der Waals surface area contributed by atoms with Crippen LogP contribution in [0.3, 0.4) is 0 Å². The monoisotopic (exact) mass is 212 g/mol. The molecule has 1 N–H and O–H groups in total. The lowest BCUT2D eigenvalue weighted by molar-refractivity contribution is 0.874. The molecular weight excluding hydrogens is 204 g/mol. The van der Waals surface area contributed by atoms with E-state index in [0.717, 1.165) is 5.52 Å². The molecule has 5 nitrogen and oxygen atoms in total. The predicted octanol–water partition coefficient (Wildman–Crippen LogP) is 1.11. The van der Waals surface area contributed by atoms with Crippen molar-refractivity contribution in [3.8, 4) is 5.82 Å². The van der Waals surface area contributed by atoms with Crippen LogP contribution in [0, 0.1) is 0 Å². The molecule has 0 saturated heterocycles. The number of fused-ring (bicyclic) bond motifs is 1. The average Bonchev–Trinajstić information content (AvgIpc) is 2.75. The first kappa shape index (κ1) is 8.84. The number of hydrogen-bond acceptors (Lipinski definition) is 3. The Morgan fingerprint density at radius 3 is 3.00 bits per heavy atom. The highest BCUT2D eigenvalue weighted by atomic mass is 16.1. The van der Waals surface area contributed by atoms with Gasteiger partial charge in [0.05, 0.1) is 17.1 Å². The molecule has 16 heavy (non-hydrogen) atoms. The van der Waals surface area contributed by atoms with E-state index in [2.05, 4.69) is 15.1 Å². The first-order valence-corrected chi connectivity index (χ1v) is 4.83. The lowest BCUT2D eigenvalue weighted by atomic mass is 10.3. The van der Waals surface area contributed by atoms with Crippen LogP contribution in [0.25, 0.3) is 16.7 Å². The van der Waals surface area contributed by atoms with E-state index in [0.29, 0.717) is 11.2 Å². The van der Waals surface area contributed by atoms with E-state index >= 15 is 0 Å². The van der Waals surface area contributed by atoms with E-state index in [4.69, 9.17) is 0 Å². The van der Waals surface area contributed by atoms with Gasteiger partial charge in [0.15, 0.2) is 5.82 Å². The molecule has 78 valence electrons. The summed E-state index contributed by atoms with van der Waals surface area (Å²) in [6.07, 6.45) is 4.84. The summed E-state index contributed by atoms with van der Waals surface area (Å²) in [6.45, 7) is 0. The van der Waals surface area contributed by atoms with Crippen LogP contribution in [0.5, 0.6) is 0 Å². The number of H-pyrrole nitrogens is 1. The van der Waals surface area contributed by atoms with Gasteiger partial charge in [-0.15, -0.1) is 0 Å². The summed E-state index contributed by atoms with van der Waals surface area (Å²) in [4.78, 5) is 18.3. The molecule has 0 aliphatic rings. The zero-order valence-corrected chi connectivity index (χ0v) is 8.29. The topological polar surface area (TPSA) is 63.6 Å². The van der Waals surface area contributed by atoms with Crippen LogP contribution in [-0.4, -0.2) is 19.7 Å². The summed E-state index contributed by atoms with van der Waals surface area (Å²) in [7, 11) is 0. The Balaban J connectivity index is 2.34. The molecule has 0 fully saturated rings. The molecule has 5 heteroatoms. The third-order valence-electron chi connectivity index (χ3n) is 2.37. The van der Waals surface area contributed by atoms with Gasteiger partial charge in [0, 0.05) is 12.4 Å². The van der Waals surface area contributed by atoms with E-state index in [-0.39, 0.29) is 5.56 Å². The average molecular weight is 212 g/mol. The van der Waals surface area contributed by atoms with Crippen LogP contribution >= 0.6 is 0 Å². The molecular formula is C11H8N4O. The van der Waals surface area contributed by atoms with Crippen molar-refractivity contribution in [2.75, 3.05) is 0 Å². The first-order chi connectivity index (χ1) is 7.86. The highest BCUT2D eigenvalue weighted by molar-refractivity contribution is 5.78. The quantitative estimate of drug-likeness (QED) is 0.657. The number of rotatable bonds is 1. The fourth-order valence-electron chi connectivity index (χ4n) is 1.63. The van der Waals surface area contributed by atoms with Crippen LogP contribution in [0.1, 0.15) is 0 Å². The van der Waals surface area contributed by atoms with Gasteiger partial charge in [0.25, 0.3) is 5.56 Å². The number of nitrogens with zero attached hydrogens (tertiary/aromatic N) is 3. The van der Waals surface area contributed by atoms with Crippen LogP contribution in [-0.2, 0) is 0 Å². The number of aromatic nitrogens is 4. The summed E-state index contributed by atoms with van der Waals surface area (Å²) in [5.74, 6) is 0.697. The zero-order chi connectivity index (χ0) is 11.0. The third-order valence-corrected chi connectivity index (χ3v) is 2.37. The van der Waals surface area contributed by atoms with Crippen molar-refractivity contribution >= 4 is 10.9 Å². The van der Waals surface area contributed by atoms with Gasteiger partial charge in [-0.05, 0) is 18.2 Å². The van der Waals surface area contributed by atoms with Crippen molar-refractivity contribution < 1.29 is 0 Å². The SMILES string of the molecule is O=c1[nH]ccc2c1cnn2-c1ccccn1. The maximum Gasteiger partial charge on any atom is 0.259 e. The van der Waals surface area contributed by atoms with E-state index in [1.54, 1.807) is 29.3 Å². The molecule has 0 amide bonds. The zero-order valence-electron chi connectivity index (χ0n) is 8.29. The summed E-state index contributed by atoms with van der Waals surface area (Å²) >= 11 is 0. The van der Waals surface area contributed by atoms with E-state index in [1.165, 1.54) is 0 Å². The van der Waals surface area contributed by atoms with Crippen molar-refractivity contribution in [2.24, 2.45) is 0 Å². The molecule has 0 aliphatic carbocycles. The van der Waals surface area contributed by atoms with Gasteiger partial charge in [-0.25, -0.2) is 9.67 Å². The second-order valence-corrected chi connectivity index (χ2v) is 3.35. The molecule has 0 aromatic carbocycles. The highest BCUT2D eigenvalue weighted by Crippen LogP contribution is 2.12. The third kappa shape index (κ3) is 1.22. The van der Waals surface area contributed by atoms with Crippen molar-refractivity contribution in [2.45, 2.75) is 0 Å². The minimum atomic E-state index is -0.139. The number of hydrogen-bond donors (Lipinski definition) is 1. The number of pyridine rings is 2. The maximum atomic E-state index is 11.5. The van der Waals surface area contributed by atoms with Gasteiger partial charge >= 0.3 is 0 Å². The molecule has 0 unspecified atom stereocenters. The van der Waals surface area contributed by atoms with Gasteiger partial charge in [0.2, 0.25) is 0 Å². The largest absolute Gasteiger partial charge is 0.328 e. The Morgan fingerprint density at radius 2 is 2.19 bits per heavy atom. The van der Waals surface area contributed by atoms with Crippen LogP contribution in [0.2, 0.25) is 0 Å². The standard InChI is InChI=1S/C11H8N4O/c16-11-8-7-14-15(9(8)4-6-13-11)10-3-1-2-5-12-10/h1-7H,(H,13,16). The van der Waals surface area contributed by atoms with E-state index < -0.39 is 0 Å². The molecule has 0 bridgehead atoms. The van der Waals surface area contributed by atoms with Gasteiger partial charge in [-0.1, -0.05) is 6.07 Å². The van der Waals surface area contributed by atoms with E-state index in [9.17, 15) is 4.79 Å². The van der Waals surface area contributed by atoms with Gasteiger partial charge in [-0.3, -0.25) is 4.79 Å². The second-order valence-electron chi connectivity index (χ2n) is 3.35. The van der Waals surface area contributed by atoms with E-state index in [1.807, 2.05) is 18.2 Å². The molecule has 3 aromatic heterocycles. The Kier molecular flexibility index (Phi) is 1.83. The van der Waals surface area contributed by atoms with Crippen molar-refractivity contribution in [3.05, 3.63) is 53.2 Å². The van der Waals surface area contributed by atoms with Crippen LogP contribution < -0.4 is 5.56 Å². The lowest BCUT2D eigenvalue weighted by Crippen LogP contribution is -2.04. The minimum Gasteiger partial charge on any atom is -0.328 e. The second kappa shape index (κ2) is 3.30. The van der Waals surface area contributed by atoms with Crippen LogP contribution in [0.4, 0.5) is 0 Å². The number of nitrogens with one attached hydrogen (secondary N) is 1. The fourth-order valence-corrected chi connectivity index (χ4v) is 1.63. The minimum absolute atomic E-state index is 0.139. The molecule has 0 spiro atoms. The Morgan fingerprint density at radius 1 is 1.25 bits per heavy atom. The summed E-state index contributed by atoms with van der Waals surface area (Å²) < 4.78 is 1.64. The predicted molar refractivity (Wildman–Crippen MR) is 59.5 cm³/mol. The molecule has 3 rings (SSSR count). The smallest absolute Gasteiger partial charge is 0.259 e. The fraction of sp³-hybridized carbons (Fsp3) is 0. The summed E-state index contributed by atoms with van der Waals surface area (Å²) in [5, 5.41) is 4.72. The Hall–Kier alpha value is -2.43. The molecule has 0 atom stereocenters. The van der Waals surface area contributed by atoms with Crippen molar-refractivity contribution in [3.63, 3.8) is 0 Å². The van der Waals surface area contributed by atoms with Crippen molar-refractivity contribution in [1.82, 2.24) is 19.7 Å². The Bertz CT molecular complexity index is 684. The van der Waals surface area contributed by atoms with Gasteiger partial charge < -0.3 is 4.98 Å². The molecule has 0 aliphatic heterocycles. The summed E-state index contributed by atoms with van der Waals surface area (Å²) in [6, 6.07) is 7.36. The summed E-state index contributed by atoms with van der Waals surface area (Å²) in [5.41, 5.74) is 0.613. The van der Waals surface area contributed by atoms with Crippen molar-refractivity contribution in [1.29, 1.82) is 0 Å². The molecule has 0 radical (unpaired) electrons. The highest BCUT2D eigenvalue weighted by Gasteiger charge is 2.06. The molecule has 3 heterocycles. The number of aromatic amines is 1. The van der Waals surface area contributed by atoms with Crippen LogP contribution in [0.15, 0.2) is 47.7 Å². The molecule has 3 aromatic rings. The molecule has 0 saturated carbocycles.